The molecule has 0 N–H and O–H groups in total. The van der Waals surface area contributed by atoms with E-state index in [2.05, 4.69) is 14.8 Å². The minimum atomic E-state index is 0.0297. The molecule has 0 atom stereocenters. The van der Waals surface area contributed by atoms with Crippen LogP contribution in [0.2, 0.25) is 0 Å². The fourth-order valence-corrected chi connectivity index (χ4v) is 5.39. The Morgan fingerprint density at radius 2 is 1.54 bits per heavy atom. The van der Waals surface area contributed by atoms with Crippen molar-refractivity contribution in [3.8, 4) is 34.0 Å². The third kappa shape index (κ3) is 5.15. The molecule has 6 rings (SSSR count). The number of benzene rings is 3. The van der Waals surface area contributed by atoms with Crippen LogP contribution in [0.5, 0.6) is 11.5 Å². The van der Waals surface area contributed by atoms with Crippen LogP contribution in [-0.4, -0.2) is 38.1 Å². The summed E-state index contributed by atoms with van der Waals surface area (Å²) < 4.78 is 13.1. The van der Waals surface area contributed by atoms with Gasteiger partial charge in [0.05, 0.1) is 5.75 Å². The molecule has 3 heterocycles. The molecule has 0 aliphatic carbocycles. The highest BCUT2D eigenvalue weighted by atomic mass is 32.2. The Labute approximate surface area is 230 Å². The average Bonchev–Trinajstić information content (AvgIpc) is 3.56. The summed E-state index contributed by atoms with van der Waals surface area (Å²) >= 11 is 1.30. The number of hydrogen-bond donors (Lipinski definition) is 0. The van der Waals surface area contributed by atoms with Crippen molar-refractivity contribution in [1.29, 1.82) is 0 Å². The van der Waals surface area contributed by atoms with Crippen LogP contribution in [-0.2, 0) is 6.54 Å². The van der Waals surface area contributed by atoms with Gasteiger partial charge in [-0.3, -0.25) is 4.79 Å². The number of carbonyl (C=O) groups excluding carboxylic acids is 1. The molecule has 3 aromatic carbocycles. The fraction of sp³-hybridized carbons (Fsp3) is 0.161. The Balaban J connectivity index is 1.21. The summed E-state index contributed by atoms with van der Waals surface area (Å²) in [6.45, 7) is 4.89. The van der Waals surface area contributed by atoms with Gasteiger partial charge in [-0.15, -0.1) is 10.2 Å². The quantitative estimate of drug-likeness (QED) is 0.169. The Bertz CT molecular complexity index is 1650. The van der Waals surface area contributed by atoms with Gasteiger partial charge in [-0.1, -0.05) is 78.5 Å². The van der Waals surface area contributed by atoms with E-state index in [1.54, 1.807) is 0 Å². The van der Waals surface area contributed by atoms with Crippen molar-refractivity contribution in [1.82, 2.24) is 19.7 Å². The SMILES string of the molecule is Cc1cc(C(=O)CSc2nnc(-c3ccccc3)c(-c3ccccc3)n2)c(C)n1Cc1ccc2c(c1)OCO2. The van der Waals surface area contributed by atoms with Crippen molar-refractivity contribution in [3.63, 3.8) is 0 Å². The van der Waals surface area contributed by atoms with Crippen LogP contribution in [0, 0.1) is 13.8 Å². The number of fused-ring (bicyclic) bond motifs is 1. The molecule has 5 aromatic rings. The number of hydrogen-bond acceptors (Lipinski definition) is 7. The second kappa shape index (κ2) is 10.7. The van der Waals surface area contributed by atoms with Crippen molar-refractivity contribution < 1.29 is 14.3 Å². The lowest BCUT2D eigenvalue weighted by Crippen LogP contribution is -2.08. The van der Waals surface area contributed by atoms with E-state index in [-0.39, 0.29) is 18.3 Å². The molecule has 0 spiro atoms. The zero-order chi connectivity index (χ0) is 26.8. The van der Waals surface area contributed by atoms with Gasteiger partial charge in [0.25, 0.3) is 0 Å². The van der Waals surface area contributed by atoms with Crippen LogP contribution in [0.3, 0.4) is 0 Å². The summed E-state index contributed by atoms with van der Waals surface area (Å²) in [4.78, 5) is 18.1. The first kappa shape index (κ1) is 24.9. The van der Waals surface area contributed by atoms with E-state index in [0.29, 0.717) is 23.0 Å². The maximum absolute atomic E-state index is 13.3. The molecule has 194 valence electrons. The van der Waals surface area contributed by atoms with Gasteiger partial charge in [0.1, 0.15) is 11.4 Å². The smallest absolute Gasteiger partial charge is 0.231 e. The molecule has 0 fully saturated rings. The van der Waals surface area contributed by atoms with Crippen LogP contribution < -0.4 is 9.47 Å². The van der Waals surface area contributed by atoms with Gasteiger partial charge in [-0.2, -0.15) is 0 Å². The number of aromatic nitrogens is 4. The van der Waals surface area contributed by atoms with Crippen LogP contribution in [0.4, 0.5) is 0 Å². The lowest BCUT2D eigenvalue weighted by Gasteiger charge is -2.11. The number of aryl methyl sites for hydroxylation is 1. The predicted octanol–water partition coefficient (Wildman–Crippen LogP) is 6.38. The van der Waals surface area contributed by atoms with E-state index in [4.69, 9.17) is 14.5 Å². The van der Waals surface area contributed by atoms with Crippen LogP contribution in [0.1, 0.15) is 27.3 Å². The lowest BCUT2D eigenvalue weighted by molar-refractivity contribution is 0.102. The maximum atomic E-state index is 13.3. The first-order valence-corrected chi connectivity index (χ1v) is 13.6. The van der Waals surface area contributed by atoms with Gasteiger partial charge < -0.3 is 14.0 Å². The normalized spacial score (nSPS) is 12.1. The summed E-state index contributed by atoms with van der Waals surface area (Å²) in [6, 6.07) is 27.7. The van der Waals surface area contributed by atoms with Crippen LogP contribution >= 0.6 is 11.8 Å². The van der Waals surface area contributed by atoms with E-state index >= 15 is 0 Å². The summed E-state index contributed by atoms with van der Waals surface area (Å²) in [5.41, 5.74) is 7.09. The van der Waals surface area contributed by atoms with E-state index in [0.717, 1.165) is 45.3 Å². The van der Waals surface area contributed by atoms with Gasteiger partial charge in [0.2, 0.25) is 11.9 Å². The maximum Gasteiger partial charge on any atom is 0.231 e. The third-order valence-electron chi connectivity index (χ3n) is 6.75. The van der Waals surface area contributed by atoms with Crippen molar-refractivity contribution in [3.05, 3.63) is 107 Å². The topological polar surface area (TPSA) is 79.1 Å². The summed E-state index contributed by atoms with van der Waals surface area (Å²) in [6.07, 6.45) is 0. The molecule has 7 nitrogen and oxygen atoms in total. The Morgan fingerprint density at radius 1 is 0.846 bits per heavy atom. The Morgan fingerprint density at radius 3 is 2.28 bits per heavy atom. The highest BCUT2D eigenvalue weighted by molar-refractivity contribution is 7.99. The molecule has 39 heavy (non-hydrogen) atoms. The fourth-order valence-electron chi connectivity index (χ4n) is 4.72. The molecule has 0 amide bonds. The van der Waals surface area contributed by atoms with Crippen molar-refractivity contribution in [2.45, 2.75) is 25.5 Å². The number of thioether (sulfide) groups is 1. The van der Waals surface area contributed by atoms with E-state index in [9.17, 15) is 4.79 Å². The average molecular weight is 535 g/mol. The molecular formula is C31H26N4O3S. The van der Waals surface area contributed by atoms with Crippen molar-refractivity contribution in [2.75, 3.05) is 12.5 Å². The molecule has 1 aliphatic rings. The molecule has 8 heteroatoms. The highest BCUT2D eigenvalue weighted by Gasteiger charge is 2.20. The number of nitrogens with zero attached hydrogens (tertiary/aromatic N) is 4. The molecule has 0 saturated carbocycles. The highest BCUT2D eigenvalue weighted by Crippen LogP contribution is 2.33. The number of rotatable bonds is 8. The summed E-state index contributed by atoms with van der Waals surface area (Å²) in [7, 11) is 0. The van der Waals surface area contributed by atoms with Gasteiger partial charge >= 0.3 is 0 Å². The van der Waals surface area contributed by atoms with E-state index < -0.39 is 0 Å². The molecule has 2 aromatic heterocycles. The first-order chi connectivity index (χ1) is 19.1. The van der Waals surface area contributed by atoms with Gasteiger partial charge in [-0.25, -0.2) is 4.98 Å². The zero-order valence-corrected chi connectivity index (χ0v) is 22.4. The second-order valence-electron chi connectivity index (χ2n) is 9.29. The predicted molar refractivity (Wildman–Crippen MR) is 151 cm³/mol. The van der Waals surface area contributed by atoms with Crippen molar-refractivity contribution in [2.24, 2.45) is 0 Å². The number of carbonyl (C=O) groups is 1. The molecule has 0 radical (unpaired) electrons. The van der Waals surface area contributed by atoms with Gasteiger partial charge in [0.15, 0.2) is 17.3 Å². The van der Waals surface area contributed by atoms with E-state index in [1.807, 2.05) is 98.8 Å². The summed E-state index contributed by atoms with van der Waals surface area (Å²) in [5, 5.41) is 9.34. The Kier molecular flexibility index (Phi) is 6.85. The monoisotopic (exact) mass is 534 g/mol. The van der Waals surface area contributed by atoms with Crippen LogP contribution in [0.25, 0.3) is 22.5 Å². The lowest BCUT2D eigenvalue weighted by atomic mass is 10.0. The van der Waals surface area contributed by atoms with Gasteiger partial charge in [0, 0.05) is 34.6 Å². The number of ether oxygens (including phenoxy) is 2. The van der Waals surface area contributed by atoms with Crippen molar-refractivity contribution >= 4 is 17.5 Å². The van der Waals surface area contributed by atoms with Crippen LogP contribution in [0.15, 0.2) is 90.1 Å². The zero-order valence-electron chi connectivity index (χ0n) is 21.6. The second-order valence-corrected chi connectivity index (χ2v) is 10.2. The minimum Gasteiger partial charge on any atom is -0.454 e. The number of Topliss-reactive ketones (excluding diaryl/α,β-unsaturated/α-hetero) is 1. The number of ketones is 1. The first-order valence-electron chi connectivity index (χ1n) is 12.6. The molecular weight excluding hydrogens is 508 g/mol. The third-order valence-corrected chi connectivity index (χ3v) is 7.58. The largest absolute Gasteiger partial charge is 0.454 e. The molecule has 0 unspecified atom stereocenters. The standard InChI is InChI=1S/C31H26N4O3S/c1-20-15-25(21(2)35(20)17-22-13-14-27-28(16-22)38-19-37-27)26(36)18-39-31-32-29(23-9-5-3-6-10-23)30(33-34-31)24-11-7-4-8-12-24/h3-16H,17-19H2,1-2H3. The van der Waals surface area contributed by atoms with E-state index in [1.165, 1.54) is 11.8 Å². The minimum absolute atomic E-state index is 0.0297. The summed E-state index contributed by atoms with van der Waals surface area (Å²) in [5.74, 6) is 1.76. The van der Waals surface area contributed by atoms with Gasteiger partial charge in [-0.05, 0) is 37.6 Å². The molecule has 0 saturated heterocycles. The molecule has 0 bridgehead atoms. The Hall–Kier alpha value is -4.43. The molecule has 1 aliphatic heterocycles.